The summed E-state index contributed by atoms with van der Waals surface area (Å²) in [6.07, 6.45) is 3.68. The number of halogens is 1. The average molecular weight is 308 g/mol. The lowest BCUT2D eigenvalue weighted by molar-refractivity contribution is 0.0945. The fraction of sp³-hybridized carbons (Fsp3) is 0.400. The first kappa shape index (κ1) is 14.2. The van der Waals surface area contributed by atoms with Crippen LogP contribution in [0.4, 0.5) is 5.69 Å². The van der Waals surface area contributed by atoms with E-state index in [2.05, 4.69) is 10.6 Å². The lowest BCUT2D eigenvalue weighted by Crippen LogP contribution is -2.36. The molecule has 0 radical (unpaired) electrons. The van der Waals surface area contributed by atoms with E-state index >= 15 is 0 Å². The number of nitrogens with one attached hydrogen (secondary N) is 2. The van der Waals surface area contributed by atoms with Crippen molar-refractivity contribution in [3.8, 4) is 0 Å². The summed E-state index contributed by atoms with van der Waals surface area (Å²) in [5, 5.41) is 7.33. The van der Waals surface area contributed by atoms with E-state index in [4.69, 9.17) is 21.8 Å². The molecule has 2 heterocycles. The molecule has 4 N–H and O–H groups in total. The van der Waals surface area contributed by atoms with Gasteiger partial charge in [0, 0.05) is 11.9 Å². The van der Waals surface area contributed by atoms with Crippen LogP contribution >= 0.6 is 11.6 Å². The highest BCUT2D eigenvalue weighted by atomic mass is 35.5. The van der Waals surface area contributed by atoms with Gasteiger partial charge in [0.1, 0.15) is 5.58 Å². The number of carbonyl (C=O) groups is 1. The van der Waals surface area contributed by atoms with Crippen molar-refractivity contribution in [2.24, 2.45) is 5.92 Å². The van der Waals surface area contributed by atoms with Crippen molar-refractivity contribution in [2.75, 3.05) is 25.4 Å². The average Bonchev–Trinajstić information content (AvgIpc) is 2.99. The van der Waals surface area contributed by atoms with Gasteiger partial charge < -0.3 is 20.8 Å². The first-order valence-corrected chi connectivity index (χ1v) is 7.48. The van der Waals surface area contributed by atoms with Gasteiger partial charge in [-0.2, -0.15) is 0 Å². The Balaban J connectivity index is 1.78. The summed E-state index contributed by atoms with van der Waals surface area (Å²) < 4.78 is 5.39. The minimum Gasteiger partial charge on any atom is -0.463 e. The highest BCUT2D eigenvalue weighted by Gasteiger charge is 2.19. The fourth-order valence-electron chi connectivity index (χ4n) is 2.72. The maximum absolute atomic E-state index is 12.4. The molecule has 2 aromatic rings. The number of nitrogens with two attached hydrogens (primary N) is 1. The van der Waals surface area contributed by atoms with E-state index in [1.54, 1.807) is 12.1 Å². The quantitative estimate of drug-likeness (QED) is 0.761. The van der Waals surface area contributed by atoms with E-state index in [0.29, 0.717) is 39.7 Å². The van der Waals surface area contributed by atoms with Crippen LogP contribution in [0.1, 0.15) is 23.2 Å². The van der Waals surface area contributed by atoms with Crippen molar-refractivity contribution in [1.29, 1.82) is 0 Å². The smallest absolute Gasteiger partial charge is 0.255 e. The lowest BCUT2D eigenvalue weighted by atomic mass is 9.98. The second-order valence-corrected chi connectivity index (χ2v) is 5.79. The molecule has 6 heteroatoms. The van der Waals surface area contributed by atoms with Crippen molar-refractivity contribution in [3.05, 3.63) is 29.0 Å². The van der Waals surface area contributed by atoms with Gasteiger partial charge in [-0.05, 0) is 44.0 Å². The van der Waals surface area contributed by atoms with Crippen LogP contribution in [0.25, 0.3) is 11.0 Å². The van der Waals surface area contributed by atoms with Crippen LogP contribution in [0.2, 0.25) is 5.02 Å². The molecule has 1 aromatic carbocycles. The van der Waals surface area contributed by atoms with Crippen LogP contribution in [-0.2, 0) is 0 Å². The predicted molar refractivity (Wildman–Crippen MR) is 83.6 cm³/mol. The molecule has 0 atom stereocenters. The van der Waals surface area contributed by atoms with Gasteiger partial charge in [0.15, 0.2) is 0 Å². The molecule has 1 aliphatic heterocycles. The summed E-state index contributed by atoms with van der Waals surface area (Å²) in [5.41, 5.74) is 7.25. The minimum absolute atomic E-state index is 0.171. The fourth-order valence-corrected chi connectivity index (χ4v) is 2.93. The number of anilines is 1. The summed E-state index contributed by atoms with van der Waals surface area (Å²) in [6, 6.07) is 3.29. The van der Waals surface area contributed by atoms with E-state index in [1.165, 1.54) is 6.26 Å². The molecule has 0 aliphatic carbocycles. The summed E-state index contributed by atoms with van der Waals surface area (Å²) in [7, 11) is 0. The normalized spacial score (nSPS) is 16.2. The van der Waals surface area contributed by atoms with Crippen LogP contribution in [0.15, 0.2) is 22.8 Å². The Hall–Kier alpha value is -1.72. The minimum atomic E-state index is -0.171. The van der Waals surface area contributed by atoms with E-state index < -0.39 is 0 Å². The largest absolute Gasteiger partial charge is 0.463 e. The van der Waals surface area contributed by atoms with Crippen LogP contribution < -0.4 is 16.4 Å². The molecule has 1 fully saturated rings. The highest BCUT2D eigenvalue weighted by molar-refractivity contribution is 6.35. The van der Waals surface area contributed by atoms with Gasteiger partial charge in [0.25, 0.3) is 5.91 Å². The predicted octanol–water partition coefficient (Wildman–Crippen LogP) is 2.40. The molecule has 1 aliphatic rings. The molecule has 0 spiro atoms. The van der Waals surface area contributed by atoms with Gasteiger partial charge in [0.2, 0.25) is 0 Å². The Morgan fingerprint density at radius 1 is 1.48 bits per heavy atom. The van der Waals surface area contributed by atoms with Crippen molar-refractivity contribution in [1.82, 2.24) is 10.6 Å². The first-order chi connectivity index (χ1) is 10.2. The maximum Gasteiger partial charge on any atom is 0.255 e. The number of fused-ring (bicyclic) bond motifs is 1. The van der Waals surface area contributed by atoms with Gasteiger partial charge >= 0.3 is 0 Å². The van der Waals surface area contributed by atoms with Gasteiger partial charge in [0.05, 0.1) is 22.5 Å². The third kappa shape index (κ3) is 2.84. The summed E-state index contributed by atoms with van der Waals surface area (Å²) in [6.45, 7) is 2.69. The van der Waals surface area contributed by atoms with Gasteiger partial charge in [-0.1, -0.05) is 11.6 Å². The topological polar surface area (TPSA) is 80.3 Å². The molecule has 5 nitrogen and oxygen atoms in total. The SMILES string of the molecule is Nc1c(Cl)cc(C(=O)NCC2CCNCC2)c2occc12. The molecule has 0 bridgehead atoms. The van der Waals surface area contributed by atoms with Crippen molar-refractivity contribution < 1.29 is 9.21 Å². The highest BCUT2D eigenvalue weighted by Crippen LogP contribution is 2.32. The number of carbonyl (C=O) groups excluding carboxylic acids is 1. The Bertz CT molecular complexity index is 662. The Kier molecular flexibility index (Phi) is 4.03. The van der Waals surface area contributed by atoms with Crippen LogP contribution in [0, 0.1) is 5.92 Å². The number of hydrogen-bond acceptors (Lipinski definition) is 4. The van der Waals surface area contributed by atoms with Crippen molar-refractivity contribution in [2.45, 2.75) is 12.8 Å². The number of amides is 1. The summed E-state index contributed by atoms with van der Waals surface area (Å²) in [4.78, 5) is 12.4. The number of furan rings is 1. The molecule has 1 amide bonds. The molecular formula is C15H18ClN3O2. The van der Waals surface area contributed by atoms with Crippen LogP contribution in [-0.4, -0.2) is 25.5 Å². The van der Waals surface area contributed by atoms with Crippen LogP contribution in [0.3, 0.4) is 0 Å². The number of nitrogen functional groups attached to an aromatic ring is 1. The molecule has 0 saturated carbocycles. The molecule has 1 saturated heterocycles. The van der Waals surface area contributed by atoms with E-state index in [0.717, 1.165) is 25.9 Å². The molecule has 3 rings (SSSR count). The third-order valence-electron chi connectivity index (χ3n) is 3.98. The zero-order valence-electron chi connectivity index (χ0n) is 11.6. The van der Waals surface area contributed by atoms with E-state index in [9.17, 15) is 4.79 Å². The zero-order valence-corrected chi connectivity index (χ0v) is 12.4. The monoisotopic (exact) mass is 307 g/mol. The molecule has 21 heavy (non-hydrogen) atoms. The molecule has 0 unspecified atom stereocenters. The van der Waals surface area contributed by atoms with Crippen molar-refractivity contribution >= 4 is 34.2 Å². The standard InChI is InChI=1S/C15H18ClN3O2/c16-12-7-11(14-10(13(12)17)3-6-21-14)15(20)19-8-9-1-4-18-5-2-9/h3,6-7,9,18H,1-2,4-5,8,17H2,(H,19,20). The van der Waals surface area contributed by atoms with E-state index in [1.807, 2.05) is 0 Å². The number of benzene rings is 1. The van der Waals surface area contributed by atoms with Gasteiger partial charge in [-0.15, -0.1) is 0 Å². The second-order valence-electron chi connectivity index (χ2n) is 5.39. The number of piperidine rings is 1. The summed E-state index contributed by atoms with van der Waals surface area (Å²) >= 11 is 6.09. The summed E-state index contributed by atoms with van der Waals surface area (Å²) in [5.74, 6) is 0.349. The second kappa shape index (κ2) is 5.95. The molecule has 112 valence electrons. The van der Waals surface area contributed by atoms with Gasteiger partial charge in [-0.25, -0.2) is 0 Å². The lowest BCUT2D eigenvalue weighted by Gasteiger charge is -2.22. The van der Waals surface area contributed by atoms with Gasteiger partial charge in [-0.3, -0.25) is 4.79 Å². The first-order valence-electron chi connectivity index (χ1n) is 7.11. The molecule has 1 aromatic heterocycles. The maximum atomic E-state index is 12.4. The van der Waals surface area contributed by atoms with Crippen molar-refractivity contribution in [3.63, 3.8) is 0 Å². The Morgan fingerprint density at radius 3 is 3.00 bits per heavy atom. The third-order valence-corrected chi connectivity index (χ3v) is 4.30. The van der Waals surface area contributed by atoms with Crippen LogP contribution in [0.5, 0.6) is 0 Å². The number of hydrogen-bond donors (Lipinski definition) is 3. The Labute approximate surface area is 127 Å². The zero-order chi connectivity index (χ0) is 14.8. The molecular weight excluding hydrogens is 290 g/mol. The van der Waals surface area contributed by atoms with E-state index in [-0.39, 0.29) is 5.91 Å². The number of rotatable bonds is 3. The Morgan fingerprint density at radius 2 is 2.24 bits per heavy atom.